The molecular formula is C19H28ClN7O3S. The number of hydrogen-bond acceptors (Lipinski definition) is 7. The maximum atomic E-state index is 13.1. The summed E-state index contributed by atoms with van der Waals surface area (Å²) in [5.41, 5.74) is 14.1. The van der Waals surface area contributed by atoms with Gasteiger partial charge in [-0.05, 0) is 32.0 Å². The Hall–Kier alpha value is -2.31. The van der Waals surface area contributed by atoms with Crippen LogP contribution in [0.1, 0.15) is 25.7 Å². The monoisotopic (exact) mass is 469 g/mol. The summed E-state index contributed by atoms with van der Waals surface area (Å²) in [4.78, 5) is 20.7. The summed E-state index contributed by atoms with van der Waals surface area (Å²) in [5.74, 6) is -0.108. The molecule has 0 spiro atoms. The van der Waals surface area contributed by atoms with Gasteiger partial charge in [-0.25, -0.2) is 18.4 Å². The molecule has 0 radical (unpaired) electrons. The number of nitrogens with zero attached hydrogens (tertiary/aromatic N) is 2. The zero-order chi connectivity index (χ0) is 23.1. The van der Waals surface area contributed by atoms with E-state index in [1.54, 1.807) is 6.07 Å². The number of nitrogens with one attached hydrogen (secondary N) is 2. The number of nitrogens with two attached hydrogens (primary N) is 3. The number of halogens is 1. The Morgan fingerprint density at radius 3 is 2.58 bits per heavy atom. The third-order valence-corrected chi connectivity index (χ3v) is 6.78. The molecule has 8 N–H and O–H groups in total. The summed E-state index contributed by atoms with van der Waals surface area (Å²) in [6, 6.07) is 4.45. The average molecular weight is 470 g/mol. The molecule has 0 atom stereocenters. The molecule has 1 aliphatic rings. The molecule has 2 aromatic rings. The van der Waals surface area contributed by atoms with Crippen molar-refractivity contribution in [2.24, 2.45) is 22.2 Å². The number of sulfonamides is 1. The molecule has 3 rings (SSSR count). The number of fused-ring (bicyclic) bond motifs is 1. The first-order valence-electron chi connectivity index (χ1n) is 9.75. The Morgan fingerprint density at radius 1 is 1.29 bits per heavy atom. The van der Waals surface area contributed by atoms with E-state index in [1.807, 2.05) is 0 Å². The van der Waals surface area contributed by atoms with E-state index < -0.39 is 15.6 Å². The fourth-order valence-electron chi connectivity index (χ4n) is 3.54. The van der Waals surface area contributed by atoms with Crippen molar-refractivity contribution >= 4 is 50.5 Å². The Bertz CT molecular complexity index is 1050. The highest BCUT2D eigenvalue weighted by Gasteiger charge is 2.44. The topological polar surface area (TPSA) is 179 Å². The van der Waals surface area contributed by atoms with Gasteiger partial charge in [0.2, 0.25) is 15.9 Å². The van der Waals surface area contributed by atoms with Gasteiger partial charge in [-0.2, -0.15) is 4.72 Å². The molecule has 0 saturated heterocycles. The van der Waals surface area contributed by atoms with Gasteiger partial charge in [0.1, 0.15) is 5.54 Å². The molecule has 0 unspecified atom stereocenters. The number of hydrogen-bond donors (Lipinski definition) is 5. The van der Waals surface area contributed by atoms with Gasteiger partial charge in [-0.1, -0.05) is 30.5 Å². The lowest BCUT2D eigenvalue weighted by Gasteiger charge is -2.28. The number of pyridine rings is 1. The lowest BCUT2D eigenvalue weighted by molar-refractivity contribution is -0.126. The first kappa shape index (κ1) is 25.0. The number of carbonyl (C=O) groups excluding carboxylic acids is 1. The molecule has 0 aliphatic heterocycles. The zero-order valence-corrected chi connectivity index (χ0v) is 18.8. The van der Waals surface area contributed by atoms with Gasteiger partial charge < -0.3 is 22.5 Å². The maximum absolute atomic E-state index is 13.1. The molecule has 1 fully saturated rings. The molecule has 10 nitrogen and oxygen atoms in total. The number of aromatic nitrogens is 1. The van der Waals surface area contributed by atoms with Gasteiger partial charge in [0.15, 0.2) is 5.82 Å². The molecule has 170 valence electrons. The van der Waals surface area contributed by atoms with Crippen LogP contribution in [0, 0.1) is 0 Å². The molecule has 1 aromatic heterocycles. The van der Waals surface area contributed by atoms with E-state index in [2.05, 4.69) is 25.7 Å². The van der Waals surface area contributed by atoms with E-state index >= 15 is 0 Å². The summed E-state index contributed by atoms with van der Waals surface area (Å²) in [6.45, 7) is 0.556. The number of amides is 1. The van der Waals surface area contributed by atoms with Crippen LogP contribution < -0.4 is 27.2 Å². The van der Waals surface area contributed by atoms with Crippen molar-refractivity contribution in [3.8, 4) is 0 Å². The minimum atomic E-state index is -4.00. The summed E-state index contributed by atoms with van der Waals surface area (Å²) < 4.78 is 28.9. The lowest BCUT2D eigenvalue weighted by Crippen LogP contribution is -2.57. The highest BCUT2D eigenvalue weighted by molar-refractivity contribution is 7.89. The van der Waals surface area contributed by atoms with Gasteiger partial charge in [0, 0.05) is 30.1 Å². The van der Waals surface area contributed by atoms with E-state index in [4.69, 9.17) is 23.1 Å². The fraction of sp³-hybridized carbons (Fsp3) is 0.421. The summed E-state index contributed by atoms with van der Waals surface area (Å²) in [6.07, 6.45) is 4.85. The molecule has 1 aliphatic carbocycles. The van der Waals surface area contributed by atoms with Crippen LogP contribution in [0.5, 0.6) is 0 Å². The van der Waals surface area contributed by atoms with E-state index in [9.17, 15) is 13.2 Å². The van der Waals surface area contributed by atoms with Gasteiger partial charge in [0.25, 0.3) is 0 Å². The lowest BCUT2D eigenvalue weighted by atomic mass is 9.98. The molecular weight excluding hydrogens is 442 g/mol. The van der Waals surface area contributed by atoms with Crippen LogP contribution in [-0.2, 0) is 14.8 Å². The first-order valence-corrected chi connectivity index (χ1v) is 11.6. The largest absolute Gasteiger partial charge is 0.390 e. The van der Waals surface area contributed by atoms with E-state index in [1.165, 1.54) is 25.4 Å². The van der Waals surface area contributed by atoms with Crippen LogP contribution >= 0.6 is 11.6 Å². The Labute approximate surface area is 186 Å². The minimum Gasteiger partial charge on any atom is -0.390 e. The van der Waals surface area contributed by atoms with Crippen LogP contribution in [0.3, 0.4) is 0 Å². The highest BCUT2D eigenvalue weighted by atomic mass is 35.5. The molecule has 1 aromatic carbocycles. The molecule has 0 bridgehead atoms. The Kier molecular flexibility index (Phi) is 8.71. The van der Waals surface area contributed by atoms with Crippen molar-refractivity contribution in [2.45, 2.75) is 36.1 Å². The first-order chi connectivity index (χ1) is 14.8. The van der Waals surface area contributed by atoms with Crippen LogP contribution in [0.2, 0.25) is 5.02 Å². The number of benzene rings is 1. The number of aliphatic imine (C=N–C) groups is 1. The van der Waals surface area contributed by atoms with Crippen LogP contribution in [0.15, 0.2) is 34.3 Å². The average Bonchev–Trinajstić information content (AvgIpc) is 3.24. The number of rotatable bonds is 7. The Morgan fingerprint density at radius 2 is 1.97 bits per heavy atom. The quantitative estimate of drug-likeness (QED) is 0.293. The SMILES string of the molecule is CN.NC=Nc1ncc(Cl)c2ccc(S(=O)(=O)NC3(C(=O)NCCN)CCCC3)cc12. The van der Waals surface area contributed by atoms with Crippen molar-refractivity contribution in [1.29, 1.82) is 0 Å². The molecule has 1 heterocycles. The predicted octanol–water partition coefficient (Wildman–Crippen LogP) is 0.748. The second kappa shape index (κ2) is 10.8. The van der Waals surface area contributed by atoms with Crippen molar-refractivity contribution in [3.05, 3.63) is 29.4 Å². The maximum Gasteiger partial charge on any atom is 0.241 e. The second-order valence-electron chi connectivity index (χ2n) is 6.85. The standard InChI is InChI=1S/C18H23ClN6O3S.CH5N/c19-15-10-23-16(24-11-21)14-9-12(3-4-13(14)15)29(27,28)25-18(5-1-2-6-18)17(26)22-8-7-20;1-2/h3-4,9-11,25H,1-2,5-8,20H2,(H,22,26)(H2,21,23,24);2H2,1H3. The van der Waals surface area contributed by atoms with Crippen molar-refractivity contribution in [2.75, 3.05) is 20.1 Å². The highest BCUT2D eigenvalue weighted by Crippen LogP contribution is 2.34. The minimum absolute atomic E-state index is 0.0135. The molecule has 1 saturated carbocycles. The van der Waals surface area contributed by atoms with Crippen LogP contribution in [0.25, 0.3) is 10.8 Å². The third kappa shape index (κ3) is 5.49. The van der Waals surface area contributed by atoms with Gasteiger partial charge in [-0.15, -0.1) is 0 Å². The smallest absolute Gasteiger partial charge is 0.241 e. The van der Waals surface area contributed by atoms with Gasteiger partial charge in [-0.3, -0.25) is 4.79 Å². The number of carbonyl (C=O) groups is 1. The van der Waals surface area contributed by atoms with Crippen molar-refractivity contribution in [3.63, 3.8) is 0 Å². The second-order valence-corrected chi connectivity index (χ2v) is 8.94. The summed E-state index contributed by atoms with van der Waals surface area (Å²) in [5, 5.41) is 4.10. The van der Waals surface area contributed by atoms with Crippen molar-refractivity contribution in [1.82, 2.24) is 15.0 Å². The molecule has 31 heavy (non-hydrogen) atoms. The normalized spacial score (nSPS) is 15.6. The van der Waals surface area contributed by atoms with E-state index in [-0.39, 0.29) is 29.7 Å². The van der Waals surface area contributed by atoms with E-state index in [0.29, 0.717) is 28.6 Å². The third-order valence-electron chi connectivity index (χ3n) is 4.95. The Balaban J connectivity index is 0.00000166. The van der Waals surface area contributed by atoms with Crippen LogP contribution in [0.4, 0.5) is 5.82 Å². The summed E-state index contributed by atoms with van der Waals surface area (Å²) in [7, 11) is -2.50. The predicted molar refractivity (Wildman–Crippen MR) is 123 cm³/mol. The van der Waals surface area contributed by atoms with Crippen molar-refractivity contribution < 1.29 is 13.2 Å². The van der Waals surface area contributed by atoms with Gasteiger partial charge in [0.05, 0.1) is 16.3 Å². The van der Waals surface area contributed by atoms with Gasteiger partial charge >= 0.3 is 0 Å². The van der Waals surface area contributed by atoms with Crippen LogP contribution in [-0.4, -0.2) is 51.3 Å². The molecule has 12 heteroatoms. The molecule has 1 amide bonds. The van der Waals surface area contributed by atoms with E-state index in [0.717, 1.165) is 19.2 Å². The summed E-state index contributed by atoms with van der Waals surface area (Å²) >= 11 is 6.17. The zero-order valence-electron chi connectivity index (χ0n) is 17.3. The fourth-order valence-corrected chi connectivity index (χ4v) is 5.20.